The average molecular weight is 324 g/mol. The van der Waals surface area contributed by atoms with Crippen LogP contribution in [0.4, 0.5) is 9.18 Å². The second-order valence-electron chi connectivity index (χ2n) is 4.68. The van der Waals surface area contributed by atoms with Crippen LogP contribution in [0, 0.1) is 5.82 Å². The lowest BCUT2D eigenvalue weighted by atomic mass is 10.1. The monoisotopic (exact) mass is 324 g/mol. The van der Waals surface area contributed by atoms with Gasteiger partial charge in [-0.2, -0.15) is 0 Å². The van der Waals surface area contributed by atoms with E-state index in [1.165, 1.54) is 23.9 Å². The fourth-order valence-electron chi connectivity index (χ4n) is 2.08. The van der Waals surface area contributed by atoms with Crippen LogP contribution in [-0.2, 0) is 9.53 Å². The van der Waals surface area contributed by atoms with Crippen molar-refractivity contribution in [2.45, 2.75) is 24.8 Å². The van der Waals surface area contributed by atoms with E-state index in [1.807, 2.05) is 0 Å². The summed E-state index contributed by atoms with van der Waals surface area (Å²) in [6, 6.07) is 5.26. The van der Waals surface area contributed by atoms with Crippen molar-refractivity contribution in [2.75, 3.05) is 12.4 Å². The van der Waals surface area contributed by atoms with Crippen LogP contribution in [-0.4, -0.2) is 30.4 Å². The van der Waals surface area contributed by atoms with Gasteiger partial charge in [-0.3, -0.25) is 0 Å². The van der Waals surface area contributed by atoms with Crippen molar-refractivity contribution >= 4 is 23.8 Å². The van der Waals surface area contributed by atoms with E-state index in [0.717, 1.165) is 4.90 Å². The zero-order valence-corrected chi connectivity index (χ0v) is 13.1. The molecule has 2 N–H and O–H groups in total. The summed E-state index contributed by atoms with van der Waals surface area (Å²) in [4.78, 5) is 24.5. The van der Waals surface area contributed by atoms with Crippen molar-refractivity contribution in [3.05, 3.63) is 41.4 Å². The number of carbonyl (C=O) groups is 2. The molecule has 2 amide bonds. The molecule has 0 spiro atoms. The number of rotatable bonds is 5. The molecule has 2 rings (SSSR count). The molecule has 1 aromatic carbocycles. The summed E-state index contributed by atoms with van der Waals surface area (Å²) in [5.74, 6) is -0.367. The normalized spacial score (nSPS) is 17.8. The summed E-state index contributed by atoms with van der Waals surface area (Å²) in [6.07, 6.45) is 0. The summed E-state index contributed by atoms with van der Waals surface area (Å²) in [6.45, 7) is 3.72. The molecular formula is C15H17FN2O3S. The lowest BCUT2D eigenvalue weighted by Crippen LogP contribution is -2.49. The molecular weight excluding hydrogens is 307 g/mol. The number of hydrogen-bond acceptors (Lipinski definition) is 4. The number of nitrogens with one attached hydrogen (secondary N) is 2. The van der Waals surface area contributed by atoms with Crippen molar-refractivity contribution in [3.8, 4) is 0 Å². The van der Waals surface area contributed by atoms with Crippen LogP contribution in [0.3, 0.4) is 0 Å². The first kappa shape index (κ1) is 16.4. The number of hydrogen-bond donors (Lipinski definition) is 2. The second-order valence-corrected chi connectivity index (χ2v) is 5.72. The number of benzene rings is 1. The molecule has 0 unspecified atom stereocenters. The second kappa shape index (κ2) is 7.31. The van der Waals surface area contributed by atoms with E-state index in [2.05, 4.69) is 10.6 Å². The molecule has 118 valence electrons. The van der Waals surface area contributed by atoms with Crippen molar-refractivity contribution in [1.82, 2.24) is 10.6 Å². The summed E-state index contributed by atoms with van der Waals surface area (Å²) < 4.78 is 17.9. The predicted octanol–water partition coefficient (Wildman–Crippen LogP) is 2.44. The van der Waals surface area contributed by atoms with Crippen molar-refractivity contribution in [1.29, 1.82) is 0 Å². The van der Waals surface area contributed by atoms with Gasteiger partial charge in [0.25, 0.3) is 0 Å². The standard InChI is InChI=1S/C15H17FN2O3S/c1-3-21-14(19)13-9(2)17-15(20)18-12(13)8-22-11-6-4-10(16)5-7-11/h4-7,9H,3,8H2,1-2H3,(H2,17,18,20)/t9-/m1/s1. The first-order valence-electron chi connectivity index (χ1n) is 6.87. The van der Waals surface area contributed by atoms with Crippen LogP contribution in [0.25, 0.3) is 0 Å². The van der Waals surface area contributed by atoms with Gasteiger partial charge in [0.1, 0.15) is 5.82 Å². The van der Waals surface area contributed by atoms with Crippen LogP contribution < -0.4 is 10.6 Å². The van der Waals surface area contributed by atoms with Gasteiger partial charge in [0, 0.05) is 16.3 Å². The largest absolute Gasteiger partial charge is 0.463 e. The molecule has 1 atom stereocenters. The number of esters is 1. The van der Waals surface area contributed by atoms with Crippen molar-refractivity contribution in [2.24, 2.45) is 0 Å². The molecule has 1 aromatic rings. The van der Waals surface area contributed by atoms with Gasteiger partial charge in [-0.05, 0) is 38.1 Å². The number of carbonyl (C=O) groups excluding carboxylic acids is 2. The fraction of sp³-hybridized carbons (Fsp3) is 0.333. The van der Waals surface area contributed by atoms with Crippen LogP contribution in [0.5, 0.6) is 0 Å². The Morgan fingerprint density at radius 2 is 2.05 bits per heavy atom. The summed E-state index contributed by atoms with van der Waals surface area (Å²) in [5, 5.41) is 5.29. The molecule has 1 aliphatic rings. The molecule has 22 heavy (non-hydrogen) atoms. The molecule has 0 saturated carbocycles. The van der Waals surface area contributed by atoms with Crippen LogP contribution in [0.1, 0.15) is 13.8 Å². The Morgan fingerprint density at radius 1 is 1.36 bits per heavy atom. The molecule has 0 radical (unpaired) electrons. The quantitative estimate of drug-likeness (QED) is 0.645. The Morgan fingerprint density at radius 3 is 2.68 bits per heavy atom. The van der Waals surface area contributed by atoms with Crippen molar-refractivity contribution < 1.29 is 18.7 Å². The van der Waals surface area contributed by atoms with Gasteiger partial charge < -0.3 is 15.4 Å². The number of amides is 2. The van der Waals surface area contributed by atoms with Gasteiger partial charge in [0.15, 0.2) is 0 Å². The molecule has 0 saturated heterocycles. The minimum Gasteiger partial charge on any atom is -0.463 e. The fourth-order valence-corrected chi connectivity index (χ4v) is 2.95. The Bertz CT molecular complexity index is 601. The third-order valence-corrected chi connectivity index (χ3v) is 4.10. The highest BCUT2D eigenvalue weighted by molar-refractivity contribution is 7.99. The van der Waals surface area contributed by atoms with Crippen LogP contribution in [0.15, 0.2) is 40.4 Å². The molecule has 0 aliphatic carbocycles. The number of thioether (sulfide) groups is 1. The van der Waals surface area contributed by atoms with Gasteiger partial charge in [-0.15, -0.1) is 11.8 Å². The van der Waals surface area contributed by atoms with E-state index in [9.17, 15) is 14.0 Å². The molecule has 0 aromatic heterocycles. The van der Waals surface area contributed by atoms with E-state index in [-0.39, 0.29) is 18.5 Å². The van der Waals surface area contributed by atoms with Crippen LogP contribution >= 0.6 is 11.8 Å². The minimum atomic E-state index is -0.447. The lowest BCUT2D eigenvalue weighted by Gasteiger charge is -2.26. The summed E-state index contributed by atoms with van der Waals surface area (Å²) in [5.41, 5.74) is 0.931. The molecule has 7 heteroatoms. The zero-order valence-electron chi connectivity index (χ0n) is 12.3. The maximum Gasteiger partial charge on any atom is 0.337 e. The highest BCUT2D eigenvalue weighted by atomic mass is 32.2. The topological polar surface area (TPSA) is 67.4 Å². The summed E-state index contributed by atoms with van der Waals surface area (Å²) in [7, 11) is 0. The van der Waals surface area contributed by atoms with E-state index in [1.54, 1.807) is 26.0 Å². The number of halogens is 1. The smallest absolute Gasteiger partial charge is 0.337 e. The summed E-state index contributed by atoms with van der Waals surface area (Å²) >= 11 is 1.40. The molecule has 5 nitrogen and oxygen atoms in total. The molecule has 1 heterocycles. The molecule has 0 fully saturated rings. The van der Waals surface area contributed by atoms with E-state index < -0.39 is 12.0 Å². The lowest BCUT2D eigenvalue weighted by molar-refractivity contribution is -0.138. The van der Waals surface area contributed by atoms with E-state index in [0.29, 0.717) is 17.0 Å². The van der Waals surface area contributed by atoms with Gasteiger partial charge in [0.05, 0.1) is 18.2 Å². The Hall–Kier alpha value is -2.02. The Kier molecular flexibility index (Phi) is 5.43. The first-order valence-corrected chi connectivity index (χ1v) is 7.86. The van der Waals surface area contributed by atoms with Crippen LogP contribution in [0.2, 0.25) is 0 Å². The third kappa shape index (κ3) is 4.00. The number of urea groups is 1. The van der Waals surface area contributed by atoms with Crippen molar-refractivity contribution in [3.63, 3.8) is 0 Å². The third-order valence-electron chi connectivity index (χ3n) is 3.06. The highest BCUT2D eigenvalue weighted by Crippen LogP contribution is 2.24. The van der Waals surface area contributed by atoms with Gasteiger partial charge in [0.2, 0.25) is 0 Å². The predicted molar refractivity (Wildman–Crippen MR) is 81.9 cm³/mol. The van der Waals surface area contributed by atoms with E-state index in [4.69, 9.17) is 4.74 Å². The minimum absolute atomic E-state index is 0.265. The highest BCUT2D eigenvalue weighted by Gasteiger charge is 2.29. The first-order chi connectivity index (χ1) is 10.5. The van der Waals surface area contributed by atoms with Gasteiger partial charge in [-0.25, -0.2) is 14.0 Å². The SMILES string of the molecule is CCOC(=O)C1=C(CSc2ccc(F)cc2)NC(=O)N[C@@H]1C. The Labute approximate surface area is 132 Å². The zero-order chi connectivity index (χ0) is 16.1. The average Bonchev–Trinajstić information content (AvgIpc) is 2.46. The van der Waals surface area contributed by atoms with E-state index >= 15 is 0 Å². The molecule has 0 bridgehead atoms. The molecule has 1 aliphatic heterocycles. The van der Waals surface area contributed by atoms with Gasteiger partial charge >= 0.3 is 12.0 Å². The van der Waals surface area contributed by atoms with Gasteiger partial charge in [-0.1, -0.05) is 0 Å². The Balaban J connectivity index is 2.18. The number of ether oxygens (including phenoxy) is 1. The maximum absolute atomic E-state index is 12.9. The maximum atomic E-state index is 12.9.